The van der Waals surface area contributed by atoms with Crippen molar-refractivity contribution in [3.63, 3.8) is 0 Å². The summed E-state index contributed by atoms with van der Waals surface area (Å²) >= 11 is 0. The SMILES string of the molecule is Cc1cc2nc(NC(=O)O)n(C)c2cc1C. The molecule has 16 heavy (non-hydrogen) atoms. The van der Waals surface area contributed by atoms with Gasteiger partial charge in [-0.1, -0.05) is 0 Å². The van der Waals surface area contributed by atoms with Crippen LogP contribution in [-0.2, 0) is 7.05 Å². The molecule has 1 aromatic heterocycles. The van der Waals surface area contributed by atoms with E-state index >= 15 is 0 Å². The van der Waals surface area contributed by atoms with Crippen molar-refractivity contribution in [1.82, 2.24) is 9.55 Å². The lowest BCUT2D eigenvalue weighted by Gasteiger charge is -2.02. The molecule has 1 aromatic carbocycles. The van der Waals surface area contributed by atoms with Crippen LogP contribution >= 0.6 is 0 Å². The lowest BCUT2D eigenvalue weighted by Crippen LogP contribution is -2.11. The van der Waals surface area contributed by atoms with Crippen LogP contribution in [-0.4, -0.2) is 20.8 Å². The lowest BCUT2D eigenvalue weighted by atomic mass is 10.1. The van der Waals surface area contributed by atoms with E-state index in [0.29, 0.717) is 5.95 Å². The molecule has 0 aliphatic carbocycles. The molecule has 0 fully saturated rings. The molecule has 0 unspecified atom stereocenters. The third kappa shape index (κ3) is 1.60. The van der Waals surface area contributed by atoms with Crippen LogP contribution < -0.4 is 5.32 Å². The third-order valence-electron chi connectivity index (χ3n) is 2.72. The normalized spacial score (nSPS) is 10.7. The van der Waals surface area contributed by atoms with Gasteiger partial charge in [-0.15, -0.1) is 0 Å². The van der Waals surface area contributed by atoms with Crippen molar-refractivity contribution < 1.29 is 9.90 Å². The van der Waals surface area contributed by atoms with E-state index in [2.05, 4.69) is 10.3 Å². The first-order chi connectivity index (χ1) is 7.49. The Labute approximate surface area is 92.7 Å². The van der Waals surface area contributed by atoms with Crippen molar-refractivity contribution in [3.05, 3.63) is 23.3 Å². The molecule has 0 atom stereocenters. The average Bonchev–Trinajstić information content (AvgIpc) is 2.45. The van der Waals surface area contributed by atoms with Gasteiger partial charge < -0.3 is 9.67 Å². The zero-order valence-corrected chi connectivity index (χ0v) is 9.40. The Morgan fingerprint density at radius 1 is 1.38 bits per heavy atom. The summed E-state index contributed by atoms with van der Waals surface area (Å²) in [5.41, 5.74) is 4.03. The van der Waals surface area contributed by atoms with E-state index in [1.807, 2.05) is 26.0 Å². The number of nitrogens with one attached hydrogen (secondary N) is 1. The van der Waals surface area contributed by atoms with Gasteiger partial charge in [0.15, 0.2) is 0 Å². The predicted molar refractivity (Wildman–Crippen MR) is 61.8 cm³/mol. The van der Waals surface area contributed by atoms with Crippen LogP contribution in [0.3, 0.4) is 0 Å². The van der Waals surface area contributed by atoms with Crippen molar-refractivity contribution in [2.24, 2.45) is 7.05 Å². The number of rotatable bonds is 1. The van der Waals surface area contributed by atoms with E-state index in [0.717, 1.165) is 22.2 Å². The summed E-state index contributed by atoms with van der Waals surface area (Å²) in [4.78, 5) is 14.8. The fraction of sp³-hybridized carbons (Fsp3) is 0.273. The van der Waals surface area contributed by atoms with Crippen LogP contribution in [0, 0.1) is 13.8 Å². The molecule has 0 aliphatic rings. The Bertz CT molecular complexity index is 572. The molecule has 0 saturated heterocycles. The summed E-state index contributed by atoms with van der Waals surface area (Å²) < 4.78 is 1.73. The number of nitrogens with zero attached hydrogens (tertiary/aromatic N) is 2. The van der Waals surface area contributed by atoms with Gasteiger partial charge in [-0.2, -0.15) is 0 Å². The number of carbonyl (C=O) groups is 1. The fourth-order valence-electron chi connectivity index (χ4n) is 1.65. The molecule has 0 spiro atoms. The second kappa shape index (κ2) is 3.52. The van der Waals surface area contributed by atoms with Gasteiger partial charge in [0.05, 0.1) is 11.0 Å². The number of fused-ring (bicyclic) bond motifs is 1. The first-order valence-electron chi connectivity index (χ1n) is 4.92. The van der Waals surface area contributed by atoms with Crippen LogP contribution in [0.2, 0.25) is 0 Å². The van der Waals surface area contributed by atoms with Gasteiger partial charge >= 0.3 is 6.09 Å². The molecule has 84 valence electrons. The van der Waals surface area contributed by atoms with Crippen molar-refractivity contribution in [2.45, 2.75) is 13.8 Å². The Hall–Kier alpha value is -2.04. The van der Waals surface area contributed by atoms with Crippen LogP contribution in [0.4, 0.5) is 10.7 Å². The first kappa shape index (κ1) is 10.5. The van der Waals surface area contributed by atoms with Gasteiger partial charge in [0, 0.05) is 7.05 Å². The Kier molecular flexibility index (Phi) is 2.30. The number of benzene rings is 1. The molecule has 2 rings (SSSR count). The number of aryl methyl sites for hydroxylation is 3. The highest BCUT2D eigenvalue weighted by Gasteiger charge is 2.10. The quantitative estimate of drug-likeness (QED) is 0.773. The number of anilines is 1. The fourth-order valence-corrected chi connectivity index (χ4v) is 1.65. The largest absolute Gasteiger partial charge is 0.465 e. The zero-order chi connectivity index (χ0) is 11.9. The molecule has 0 aliphatic heterocycles. The molecular formula is C11H13N3O2. The molecular weight excluding hydrogens is 206 g/mol. The summed E-state index contributed by atoms with van der Waals surface area (Å²) in [5.74, 6) is 0.340. The van der Waals surface area contributed by atoms with Crippen LogP contribution in [0.25, 0.3) is 11.0 Å². The molecule has 2 N–H and O–H groups in total. The minimum absolute atomic E-state index is 0.340. The van der Waals surface area contributed by atoms with Crippen molar-refractivity contribution in [1.29, 1.82) is 0 Å². The molecule has 0 bridgehead atoms. The molecule has 1 amide bonds. The number of aromatic nitrogens is 2. The minimum atomic E-state index is -1.10. The predicted octanol–water partition coefficient (Wildman–Crippen LogP) is 2.28. The third-order valence-corrected chi connectivity index (χ3v) is 2.72. The van der Waals surface area contributed by atoms with Crippen LogP contribution in [0.1, 0.15) is 11.1 Å². The van der Waals surface area contributed by atoms with Gasteiger partial charge in [-0.05, 0) is 37.1 Å². The van der Waals surface area contributed by atoms with Crippen molar-refractivity contribution in [3.8, 4) is 0 Å². The maximum absolute atomic E-state index is 10.6. The maximum atomic E-state index is 10.6. The summed E-state index contributed by atoms with van der Waals surface area (Å²) in [6.45, 7) is 4.03. The Morgan fingerprint density at radius 2 is 2.00 bits per heavy atom. The topological polar surface area (TPSA) is 67.2 Å². The number of amides is 1. The van der Waals surface area contributed by atoms with E-state index in [-0.39, 0.29) is 0 Å². The van der Waals surface area contributed by atoms with E-state index in [9.17, 15) is 4.79 Å². The number of imidazole rings is 1. The minimum Gasteiger partial charge on any atom is -0.465 e. The van der Waals surface area contributed by atoms with E-state index < -0.39 is 6.09 Å². The van der Waals surface area contributed by atoms with Gasteiger partial charge in [0.1, 0.15) is 0 Å². The molecule has 0 saturated carbocycles. The smallest absolute Gasteiger partial charge is 0.411 e. The van der Waals surface area contributed by atoms with Crippen molar-refractivity contribution in [2.75, 3.05) is 5.32 Å². The van der Waals surface area contributed by atoms with E-state index in [1.165, 1.54) is 0 Å². The highest BCUT2D eigenvalue weighted by atomic mass is 16.4. The number of hydrogen-bond donors (Lipinski definition) is 2. The van der Waals surface area contributed by atoms with E-state index in [4.69, 9.17) is 5.11 Å². The lowest BCUT2D eigenvalue weighted by molar-refractivity contribution is 0.209. The van der Waals surface area contributed by atoms with Crippen LogP contribution in [0.15, 0.2) is 12.1 Å². The highest BCUT2D eigenvalue weighted by molar-refractivity contribution is 5.86. The average molecular weight is 219 g/mol. The molecule has 2 aromatic rings. The Morgan fingerprint density at radius 3 is 2.62 bits per heavy atom. The van der Waals surface area contributed by atoms with Crippen LogP contribution in [0.5, 0.6) is 0 Å². The summed E-state index contributed by atoms with van der Waals surface area (Å²) in [7, 11) is 1.79. The van der Waals surface area contributed by atoms with Gasteiger partial charge in [-0.25, -0.2) is 9.78 Å². The highest BCUT2D eigenvalue weighted by Crippen LogP contribution is 2.21. The Balaban J connectivity index is 2.63. The van der Waals surface area contributed by atoms with Crippen molar-refractivity contribution >= 4 is 23.1 Å². The monoisotopic (exact) mass is 219 g/mol. The maximum Gasteiger partial charge on any atom is 0.411 e. The second-order valence-electron chi connectivity index (χ2n) is 3.85. The zero-order valence-electron chi connectivity index (χ0n) is 9.40. The summed E-state index contributed by atoms with van der Waals surface area (Å²) in [5, 5.41) is 10.9. The molecule has 5 nitrogen and oxygen atoms in total. The standard InChI is InChI=1S/C11H13N3O2/c1-6-4-8-9(5-7(6)2)14(3)10(12-8)13-11(15)16/h4-5H,1-3H3,(H,12,13)(H,15,16). The van der Waals surface area contributed by atoms with E-state index in [1.54, 1.807) is 11.6 Å². The summed E-state index contributed by atoms with van der Waals surface area (Å²) in [6.07, 6.45) is -1.10. The molecule has 5 heteroatoms. The molecule has 0 radical (unpaired) electrons. The number of hydrogen-bond acceptors (Lipinski definition) is 2. The van der Waals surface area contributed by atoms with Gasteiger partial charge in [0.25, 0.3) is 0 Å². The number of carboxylic acid groups (broad SMARTS) is 1. The van der Waals surface area contributed by atoms with Gasteiger partial charge in [0.2, 0.25) is 5.95 Å². The summed E-state index contributed by atoms with van der Waals surface area (Å²) in [6, 6.07) is 3.96. The second-order valence-corrected chi connectivity index (χ2v) is 3.85. The first-order valence-corrected chi connectivity index (χ1v) is 4.92. The van der Waals surface area contributed by atoms with Gasteiger partial charge in [-0.3, -0.25) is 5.32 Å². The molecule has 1 heterocycles.